The number of fused-ring (bicyclic) bond motifs is 1. The Balaban J connectivity index is 1.77. The number of hydrogen-bond acceptors (Lipinski definition) is 5. The van der Waals surface area contributed by atoms with Crippen LogP contribution in [0.3, 0.4) is 0 Å². The molecule has 0 atom stereocenters. The predicted molar refractivity (Wildman–Crippen MR) is 121 cm³/mol. The summed E-state index contributed by atoms with van der Waals surface area (Å²) in [4.78, 5) is 16.9. The third-order valence-corrected chi connectivity index (χ3v) is 6.02. The van der Waals surface area contributed by atoms with Crippen molar-refractivity contribution in [1.29, 1.82) is 5.26 Å². The van der Waals surface area contributed by atoms with E-state index < -0.39 is 5.63 Å². The van der Waals surface area contributed by atoms with E-state index in [1.807, 2.05) is 6.07 Å². The molecular weight excluding hydrogens is 495 g/mol. The lowest BCUT2D eigenvalue weighted by Crippen LogP contribution is -2.02. The maximum atomic E-state index is 12.4. The molecule has 0 unspecified atom stereocenters. The minimum absolute atomic E-state index is 0.332. The van der Waals surface area contributed by atoms with Gasteiger partial charge in [-0.05, 0) is 48.0 Å². The highest BCUT2D eigenvalue weighted by molar-refractivity contribution is 9.10. The molecule has 2 heterocycles. The number of nitrogens with zero attached hydrogens (tertiary/aromatic N) is 2. The molecule has 0 N–H and O–H groups in total. The second-order valence-corrected chi connectivity index (χ2v) is 8.62. The van der Waals surface area contributed by atoms with Gasteiger partial charge >= 0.3 is 5.63 Å². The lowest BCUT2D eigenvalue weighted by molar-refractivity contribution is 0.563. The SMILES string of the molecule is N#CC(=Cc1ccc(Cl)cc1Cl)c1nc(-c2cc3cc(Br)ccc3oc2=O)cs1. The van der Waals surface area contributed by atoms with Crippen LogP contribution in [-0.4, -0.2) is 4.98 Å². The average molecular weight is 504 g/mol. The summed E-state index contributed by atoms with van der Waals surface area (Å²) >= 11 is 16.8. The van der Waals surface area contributed by atoms with Gasteiger partial charge in [-0.3, -0.25) is 0 Å². The van der Waals surface area contributed by atoms with Crippen LogP contribution in [-0.2, 0) is 0 Å². The number of hydrogen-bond donors (Lipinski definition) is 0. The summed E-state index contributed by atoms with van der Waals surface area (Å²) in [5, 5.41) is 13.5. The van der Waals surface area contributed by atoms with Crippen molar-refractivity contribution in [2.75, 3.05) is 0 Å². The number of benzene rings is 2. The molecule has 2 aromatic carbocycles. The van der Waals surface area contributed by atoms with Crippen molar-refractivity contribution < 1.29 is 4.42 Å². The molecule has 8 heteroatoms. The van der Waals surface area contributed by atoms with E-state index in [4.69, 9.17) is 27.6 Å². The zero-order chi connectivity index (χ0) is 20.5. The number of aromatic nitrogens is 1. The van der Waals surface area contributed by atoms with Crippen molar-refractivity contribution in [3.63, 3.8) is 0 Å². The molecule has 0 fully saturated rings. The summed E-state index contributed by atoms with van der Waals surface area (Å²) in [7, 11) is 0. The average Bonchev–Trinajstić information content (AvgIpc) is 3.17. The molecule has 0 aliphatic heterocycles. The summed E-state index contributed by atoms with van der Waals surface area (Å²) in [6.07, 6.45) is 1.64. The van der Waals surface area contributed by atoms with E-state index in [1.165, 1.54) is 11.3 Å². The first-order valence-electron chi connectivity index (χ1n) is 8.21. The molecular formula is C21H9BrCl2N2O2S. The Hall–Kier alpha value is -2.43. The molecule has 4 aromatic rings. The Morgan fingerprint density at radius 3 is 2.79 bits per heavy atom. The van der Waals surface area contributed by atoms with Crippen LogP contribution in [0.4, 0.5) is 0 Å². The van der Waals surface area contributed by atoms with Gasteiger partial charge in [-0.25, -0.2) is 9.78 Å². The normalized spacial score (nSPS) is 11.6. The van der Waals surface area contributed by atoms with Crippen LogP contribution in [0.5, 0.6) is 0 Å². The van der Waals surface area contributed by atoms with Gasteiger partial charge in [0.15, 0.2) is 0 Å². The smallest absolute Gasteiger partial charge is 0.345 e. The van der Waals surface area contributed by atoms with Crippen molar-refractivity contribution in [3.05, 3.63) is 83.4 Å². The van der Waals surface area contributed by atoms with E-state index >= 15 is 0 Å². The standard InChI is InChI=1S/C21H9BrCl2N2O2S/c22-14-2-4-19-12(6-14)7-16(21(27)28-19)18-10-29-20(26-18)13(9-25)5-11-1-3-15(23)8-17(11)24/h1-8,10H. The molecule has 142 valence electrons. The monoisotopic (exact) mass is 502 g/mol. The molecule has 0 amide bonds. The van der Waals surface area contributed by atoms with E-state index in [0.29, 0.717) is 43.0 Å². The van der Waals surface area contributed by atoms with Crippen LogP contribution in [0.1, 0.15) is 10.6 Å². The molecule has 4 rings (SSSR count). The van der Waals surface area contributed by atoms with E-state index in [9.17, 15) is 10.1 Å². The number of nitriles is 1. The van der Waals surface area contributed by atoms with Gasteiger partial charge < -0.3 is 4.42 Å². The molecule has 0 saturated carbocycles. The highest BCUT2D eigenvalue weighted by Gasteiger charge is 2.14. The Bertz CT molecular complexity index is 1390. The summed E-state index contributed by atoms with van der Waals surface area (Å²) in [6.45, 7) is 0. The highest BCUT2D eigenvalue weighted by Crippen LogP contribution is 2.30. The maximum Gasteiger partial charge on any atom is 0.345 e. The minimum atomic E-state index is -0.486. The molecule has 29 heavy (non-hydrogen) atoms. The van der Waals surface area contributed by atoms with E-state index in [2.05, 4.69) is 27.0 Å². The quantitative estimate of drug-likeness (QED) is 0.222. The molecule has 0 saturated heterocycles. The predicted octanol–water partition coefficient (Wildman–Crippen LogP) is 7.05. The van der Waals surface area contributed by atoms with E-state index in [1.54, 1.807) is 47.9 Å². The van der Waals surface area contributed by atoms with Crippen molar-refractivity contribution in [3.8, 4) is 17.3 Å². The Kier molecular flexibility index (Phi) is 5.57. The van der Waals surface area contributed by atoms with Crippen LogP contribution in [0, 0.1) is 11.3 Å². The lowest BCUT2D eigenvalue weighted by Gasteiger charge is -2.01. The van der Waals surface area contributed by atoms with Crippen LogP contribution in [0.2, 0.25) is 10.0 Å². The summed E-state index contributed by atoms with van der Waals surface area (Å²) in [5.41, 5.74) is 1.77. The fourth-order valence-electron chi connectivity index (χ4n) is 2.71. The molecule has 0 bridgehead atoms. The van der Waals surface area contributed by atoms with Crippen LogP contribution in [0.25, 0.3) is 33.9 Å². The molecule has 0 aliphatic carbocycles. The Labute approximate surface area is 187 Å². The van der Waals surface area contributed by atoms with Gasteiger partial charge in [0.2, 0.25) is 0 Å². The lowest BCUT2D eigenvalue weighted by atomic mass is 10.1. The van der Waals surface area contributed by atoms with Gasteiger partial charge in [0.05, 0.1) is 16.8 Å². The van der Waals surface area contributed by atoms with Crippen molar-refractivity contribution >= 4 is 73.1 Å². The fraction of sp³-hybridized carbons (Fsp3) is 0. The van der Waals surface area contributed by atoms with Crippen molar-refractivity contribution in [2.45, 2.75) is 0 Å². The second kappa shape index (κ2) is 8.13. The molecule has 0 aliphatic rings. The van der Waals surface area contributed by atoms with Crippen molar-refractivity contribution in [2.24, 2.45) is 0 Å². The zero-order valence-corrected chi connectivity index (χ0v) is 18.4. The first kappa shape index (κ1) is 19.9. The van der Waals surface area contributed by atoms with Gasteiger partial charge in [0.1, 0.15) is 16.7 Å². The van der Waals surface area contributed by atoms with Gasteiger partial charge in [-0.2, -0.15) is 5.26 Å². The topological polar surface area (TPSA) is 66.9 Å². The first-order chi connectivity index (χ1) is 13.9. The van der Waals surface area contributed by atoms with Gasteiger partial charge in [0.25, 0.3) is 0 Å². The number of allylic oxidation sites excluding steroid dienone is 1. The molecule has 4 nitrogen and oxygen atoms in total. The molecule has 0 spiro atoms. The van der Waals surface area contributed by atoms with Crippen LogP contribution in [0.15, 0.2) is 61.5 Å². The number of rotatable bonds is 3. The fourth-order valence-corrected chi connectivity index (χ4v) is 4.34. The summed E-state index contributed by atoms with van der Waals surface area (Å²) in [6, 6.07) is 14.3. The van der Waals surface area contributed by atoms with E-state index in [0.717, 1.165) is 9.86 Å². The molecule has 0 radical (unpaired) electrons. The van der Waals surface area contributed by atoms with Gasteiger partial charge in [-0.15, -0.1) is 11.3 Å². The summed E-state index contributed by atoms with van der Waals surface area (Å²) in [5.74, 6) is 0. The first-order valence-corrected chi connectivity index (χ1v) is 10.6. The minimum Gasteiger partial charge on any atom is -0.422 e. The van der Waals surface area contributed by atoms with Crippen LogP contribution >= 0.6 is 50.5 Å². The molecule has 2 aromatic heterocycles. The summed E-state index contributed by atoms with van der Waals surface area (Å²) < 4.78 is 6.27. The number of halogens is 3. The maximum absolute atomic E-state index is 12.4. The second-order valence-electron chi connectivity index (χ2n) is 6.00. The highest BCUT2D eigenvalue weighted by atomic mass is 79.9. The Morgan fingerprint density at radius 2 is 2.03 bits per heavy atom. The third kappa shape index (κ3) is 4.14. The Morgan fingerprint density at radius 1 is 1.21 bits per heavy atom. The zero-order valence-electron chi connectivity index (χ0n) is 14.4. The third-order valence-electron chi connectivity index (χ3n) is 4.09. The van der Waals surface area contributed by atoms with E-state index in [-0.39, 0.29) is 0 Å². The van der Waals surface area contributed by atoms with Crippen LogP contribution < -0.4 is 5.63 Å². The number of thiazole rings is 1. The van der Waals surface area contributed by atoms with Gasteiger partial charge in [0, 0.05) is 25.3 Å². The van der Waals surface area contributed by atoms with Crippen molar-refractivity contribution in [1.82, 2.24) is 4.98 Å². The largest absolute Gasteiger partial charge is 0.422 e. The van der Waals surface area contributed by atoms with Gasteiger partial charge in [-0.1, -0.05) is 45.2 Å².